The molecule has 4 heteroatoms. The van der Waals surface area contributed by atoms with Crippen molar-refractivity contribution in [1.29, 1.82) is 0 Å². The second-order valence-electron chi connectivity index (χ2n) is 7.06. The predicted octanol–water partition coefficient (Wildman–Crippen LogP) is 4.65. The van der Waals surface area contributed by atoms with Crippen molar-refractivity contribution in [3.05, 3.63) is 84.9 Å². The molecule has 3 rings (SSSR count). The first-order valence-corrected chi connectivity index (χ1v) is 12.6. The van der Waals surface area contributed by atoms with E-state index in [0.29, 0.717) is 12.5 Å². The van der Waals surface area contributed by atoms with E-state index in [4.69, 9.17) is 4.52 Å². The molecule has 0 aliphatic carbocycles. The summed E-state index contributed by atoms with van der Waals surface area (Å²) in [5.74, 6) is 0.354. The summed E-state index contributed by atoms with van der Waals surface area (Å²) in [6.45, 7) is 6.37. The fourth-order valence-corrected chi connectivity index (χ4v) is 6.75. The molecule has 0 N–H and O–H groups in total. The third-order valence-corrected chi connectivity index (χ3v) is 8.52. The van der Waals surface area contributed by atoms with Gasteiger partial charge in [-0.05, 0) is 41.9 Å². The Morgan fingerprint density at radius 1 is 0.815 bits per heavy atom. The zero-order valence-electron chi connectivity index (χ0n) is 16.1. The van der Waals surface area contributed by atoms with Crippen LogP contribution in [0.25, 0.3) is 0 Å². The fraction of sp³-hybridized carbons (Fsp3) is 0.217. The zero-order chi connectivity index (χ0) is 19.3. The van der Waals surface area contributed by atoms with Gasteiger partial charge >= 0.3 is 0 Å². The number of benzene rings is 3. The summed E-state index contributed by atoms with van der Waals surface area (Å²) >= 11 is 0. The highest BCUT2D eigenvalue weighted by atomic mass is 31.2. The van der Waals surface area contributed by atoms with Crippen LogP contribution in [-0.4, -0.2) is 13.3 Å². The van der Waals surface area contributed by atoms with E-state index in [9.17, 15) is 4.57 Å². The minimum Gasteiger partial charge on any atom is -0.325 e. The van der Waals surface area contributed by atoms with Gasteiger partial charge in [-0.25, -0.2) is 0 Å². The molecule has 2 nitrogen and oxygen atoms in total. The molecule has 0 aromatic heterocycles. The monoisotopic (exact) mass is 396 g/mol. The first kappa shape index (κ1) is 20.0. The largest absolute Gasteiger partial charge is 0.325 e. The van der Waals surface area contributed by atoms with Crippen LogP contribution < -0.4 is 21.2 Å². The van der Waals surface area contributed by atoms with Gasteiger partial charge < -0.3 is 4.52 Å². The van der Waals surface area contributed by atoms with Crippen molar-refractivity contribution in [2.24, 2.45) is 5.92 Å². The van der Waals surface area contributed by atoms with Crippen LogP contribution in [0.15, 0.2) is 84.9 Å². The Morgan fingerprint density at radius 2 is 1.33 bits per heavy atom. The average molecular weight is 396 g/mol. The maximum atomic E-state index is 13.2. The molecule has 0 saturated carbocycles. The van der Waals surface area contributed by atoms with Gasteiger partial charge in [-0.3, -0.25) is 4.57 Å². The van der Waals surface area contributed by atoms with Gasteiger partial charge in [0.15, 0.2) is 0 Å². The summed E-state index contributed by atoms with van der Waals surface area (Å²) in [5.41, 5.74) is 0. The van der Waals surface area contributed by atoms with Gasteiger partial charge in [0, 0.05) is 12.0 Å². The van der Waals surface area contributed by atoms with Crippen molar-refractivity contribution in [1.82, 2.24) is 0 Å². The molecule has 0 saturated heterocycles. The highest BCUT2D eigenvalue weighted by Crippen LogP contribution is 2.42. The van der Waals surface area contributed by atoms with E-state index in [0.717, 1.165) is 5.30 Å². The van der Waals surface area contributed by atoms with Crippen LogP contribution >= 0.6 is 15.3 Å². The van der Waals surface area contributed by atoms with E-state index >= 15 is 0 Å². The molecule has 0 fully saturated rings. The third kappa shape index (κ3) is 5.17. The minimum absolute atomic E-state index is 0.354. The van der Waals surface area contributed by atoms with Gasteiger partial charge in [-0.1, -0.05) is 86.6 Å². The van der Waals surface area contributed by atoms with E-state index in [1.165, 1.54) is 15.9 Å². The third-order valence-electron chi connectivity index (χ3n) is 4.24. The minimum atomic E-state index is -2.84. The summed E-state index contributed by atoms with van der Waals surface area (Å²) < 4.78 is 18.9. The maximum absolute atomic E-state index is 13.2. The molecule has 0 bridgehead atoms. The summed E-state index contributed by atoms with van der Waals surface area (Å²) in [6.07, 6.45) is 0. The van der Waals surface area contributed by atoms with Crippen LogP contribution in [0, 0.1) is 5.92 Å². The highest BCUT2D eigenvalue weighted by molar-refractivity contribution is 7.80. The van der Waals surface area contributed by atoms with Crippen LogP contribution in [0.2, 0.25) is 0 Å². The molecule has 0 aliphatic heterocycles. The molecule has 27 heavy (non-hydrogen) atoms. The molecule has 0 spiro atoms. The smallest absolute Gasteiger partial charge is 0.229 e. The maximum Gasteiger partial charge on any atom is 0.229 e. The first-order chi connectivity index (χ1) is 13.0. The zero-order valence-corrected chi connectivity index (χ0v) is 17.9. The van der Waals surface area contributed by atoms with E-state index in [2.05, 4.69) is 74.5 Å². The van der Waals surface area contributed by atoms with Crippen LogP contribution in [0.3, 0.4) is 0 Å². The lowest BCUT2D eigenvalue weighted by atomic mass is 10.2. The van der Waals surface area contributed by atoms with E-state index in [1.807, 2.05) is 24.3 Å². The summed E-state index contributed by atoms with van der Waals surface area (Å²) in [6, 6.07) is 29.2. The van der Waals surface area contributed by atoms with E-state index in [-0.39, 0.29) is 0 Å². The molecule has 0 amide bonds. The second kappa shape index (κ2) is 8.98. The molecule has 3 aromatic rings. The lowest BCUT2D eigenvalue weighted by Crippen LogP contribution is -2.23. The lowest BCUT2D eigenvalue weighted by Gasteiger charge is -2.21. The standard InChI is InChI=1S/C23H26O2P2/c1-19(2)18-25-27(3,24)23-16-10-15-22(17-23)26(20-11-6-4-7-12-20)21-13-8-5-9-14-21/h4-17,19H,18H2,1-3H3. The first-order valence-electron chi connectivity index (χ1n) is 9.20. The molecule has 0 heterocycles. The SMILES string of the molecule is CC(C)COP(C)(=O)c1cccc(P(c2ccccc2)c2ccccc2)c1. The Morgan fingerprint density at radius 3 is 1.85 bits per heavy atom. The van der Waals surface area contributed by atoms with Gasteiger partial charge in [0.2, 0.25) is 7.37 Å². The molecular weight excluding hydrogens is 370 g/mol. The molecule has 140 valence electrons. The molecule has 1 unspecified atom stereocenters. The van der Waals surface area contributed by atoms with Gasteiger partial charge in [0.25, 0.3) is 0 Å². The Bertz CT molecular complexity index is 868. The van der Waals surface area contributed by atoms with Gasteiger partial charge in [0.1, 0.15) is 0 Å². The van der Waals surface area contributed by atoms with E-state index < -0.39 is 15.3 Å². The second-order valence-corrected chi connectivity index (χ2v) is 11.7. The van der Waals surface area contributed by atoms with Crippen molar-refractivity contribution < 1.29 is 9.09 Å². The Kier molecular flexibility index (Phi) is 6.66. The van der Waals surface area contributed by atoms with Gasteiger partial charge in [-0.2, -0.15) is 0 Å². The van der Waals surface area contributed by atoms with Crippen molar-refractivity contribution in [3.8, 4) is 0 Å². The Labute approximate surface area is 163 Å². The molecule has 1 atom stereocenters. The summed E-state index contributed by atoms with van der Waals surface area (Å²) in [4.78, 5) is 0. The predicted molar refractivity (Wildman–Crippen MR) is 119 cm³/mol. The number of rotatable bonds is 7. The van der Waals surface area contributed by atoms with Crippen LogP contribution in [0.4, 0.5) is 0 Å². The highest BCUT2D eigenvalue weighted by Gasteiger charge is 2.23. The van der Waals surface area contributed by atoms with Gasteiger partial charge in [0.05, 0.1) is 6.61 Å². The van der Waals surface area contributed by atoms with Crippen molar-refractivity contribution in [2.45, 2.75) is 13.8 Å². The topological polar surface area (TPSA) is 26.3 Å². The van der Waals surface area contributed by atoms with E-state index in [1.54, 1.807) is 6.66 Å². The summed E-state index contributed by atoms with van der Waals surface area (Å²) in [7, 11) is -3.55. The van der Waals surface area contributed by atoms with Crippen LogP contribution in [0.1, 0.15) is 13.8 Å². The van der Waals surface area contributed by atoms with Crippen molar-refractivity contribution >= 4 is 36.5 Å². The van der Waals surface area contributed by atoms with Crippen molar-refractivity contribution in [2.75, 3.05) is 13.3 Å². The molecule has 0 radical (unpaired) electrons. The molecule has 3 aromatic carbocycles. The quantitative estimate of drug-likeness (QED) is 0.544. The molecular formula is C23H26O2P2. The van der Waals surface area contributed by atoms with Crippen LogP contribution in [0.5, 0.6) is 0 Å². The fourth-order valence-electron chi connectivity index (χ4n) is 2.85. The van der Waals surface area contributed by atoms with Crippen LogP contribution in [-0.2, 0) is 9.09 Å². The Hall–Kier alpha value is -1.72. The lowest BCUT2D eigenvalue weighted by molar-refractivity contribution is 0.278. The average Bonchev–Trinajstić information content (AvgIpc) is 2.69. The normalized spacial score (nSPS) is 13.7. The molecule has 0 aliphatic rings. The van der Waals surface area contributed by atoms with Gasteiger partial charge in [-0.15, -0.1) is 0 Å². The Balaban J connectivity index is 2.03. The number of hydrogen-bond acceptors (Lipinski definition) is 2. The number of hydrogen-bond donors (Lipinski definition) is 0. The van der Waals surface area contributed by atoms with Crippen molar-refractivity contribution in [3.63, 3.8) is 0 Å². The summed E-state index contributed by atoms with van der Waals surface area (Å²) in [5, 5.41) is 4.55.